The largest absolute Gasteiger partial charge is 0.401 e. The van der Waals surface area contributed by atoms with Gasteiger partial charge in [-0.25, -0.2) is 0 Å². The van der Waals surface area contributed by atoms with Gasteiger partial charge >= 0.3 is 6.01 Å². The zero-order valence-electron chi connectivity index (χ0n) is 12.0. The summed E-state index contributed by atoms with van der Waals surface area (Å²) in [6, 6.07) is 9.09. The number of aryl methyl sites for hydroxylation is 1. The average Bonchev–Trinajstić information content (AvgIpc) is 3.16. The molecule has 2 aromatic heterocycles. The van der Waals surface area contributed by atoms with E-state index in [1.54, 1.807) is 47.9 Å². The SMILES string of the molecule is CSc1cccc(C(=O)Nc2nnc(-c3ccn(C)n3)o2)c1. The topological polar surface area (TPSA) is 85.8 Å². The Bertz CT molecular complexity index is 811. The minimum absolute atomic E-state index is 0.0419. The molecule has 0 aliphatic heterocycles. The molecule has 3 aromatic rings. The minimum atomic E-state index is -0.299. The number of hydrogen-bond acceptors (Lipinski definition) is 6. The first-order valence-electron chi connectivity index (χ1n) is 6.44. The van der Waals surface area contributed by atoms with E-state index < -0.39 is 0 Å². The van der Waals surface area contributed by atoms with Crippen molar-refractivity contribution >= 4 is 23.7 Å². The van der Waals surface area contributed by atoms with Gasteiger partial charge in [0.1, 0.15) is 5.69 Å². The Balaban J connectivity index is 1.75. The quantitative estimate of drug-likeness (QED) is 0.744. The Hall–Kier alpha value is -2.61. The maximum absolute atomic E-state index is 12.2. The number of nitrogens with zero attached hydrogens (tertiary/aromatic N) is 4. The monoisotopic (exact) mass is 315 g/mol. The Labute approximate surface area is 130 Å². The van der Waals surface area contributed by atoms with Crippen molar-refractivity contribution < 1.29 is 9.21 Å². The molecule has 0 unspecified atom stereocenters. The van der Waals surface area contributed by atoms with E-state index in [0.717, 1.165) is 4.90 Å². The van der Waals surface area contributed by atoms with Crippen molar-refractivity contribution in [3.05, 3.63) is 42.1 Å². The van der Waals surface area contributed by atoms with Gasteiger partial charge in [-0.3, -0.25) is 14.8 Å². The second-order valence-electron chi connectivity index (χ2n) is 4.47. The fourth-order valence-electron chi connectivity index (χ4n) is 1.84. The molecule has 112 valence electrons. The number of anilines is 1. The Morgan fingerprint density at radius 3 is 2.91 bits per heavy atom. The molecule has 0 saturated heterocycles. The van der Waals surface area contributed by atoms with E-state index in [-0.39, 0.29) is 17.8 Å². The van der Waals surface area contributed by atoms with E-state index in [2.05, 4.69) is 20.6 Å². The summed E-state index contributed by atoms with van der Waals surface area (Å²) >= 11 is 1.57. The number of nitrogens with one attached hydrogen (secondary N) is 1. The zero-order valence-corrected chi connectivity index (χ0v) is 12.8. The van der Waals surface area contributed by atoms with Crippen LogP contribution in [0, 0.1) is 0 Å². The van der Waals surface area contributed by atoms with Crippen molar-refractivity contribution in [2.75, 3.05) is 11.6 Å². The number of amides is 1. The van der Waals surface area contributed by atoms with Gasteiger partial charge in [0, 0.05) is 23.7 Å². The summed E-state index contributed by atoms with van der Waals surface area (Å²) in [7, 11) is 1.79. The smallest absolute Gasteiger partial charge is 0.322 e. The van der Waals surface area contributed by atoms with Gasteiger partial charge in [0.25, 0.3) is 11.8 Å². The third-order valence-corrected chi connectivity index (χ3v) is 3.64. The molecule has 0 fully saturated rings. The predicted molar refractivity (Wildman–Crippen MR) is 82.7 cm³/mol. The van der Waals surface area contributed by atoms with Crippen LogP contribution >= 0.6 is 11.8 Å². The van der Waals surface area contributed by atoms with Crippen LogP contribution in [0.1, 0.15) is 10.4 Å². The molecule has 0 spiro atoms. The molecule has 0 aliphatic carbocycles. The van der Waals surface area contributed by atoms with Crippen molar-refractivity contribution in [2.45, 2.75) is 4.90 Å². The minimum Gasteiger partial charge on any atom is -0.401 e. The normalized spacial score (nSPS) is 10.6. The van der Waals surface area contributed by atoms with Crippen molar-refractivity contribution in [1.29, 1.82) is 0 Å². The summed E-state index contributed by atoms with van der Waals surface area (Å²) in [5, 5.41) is 14.4. The second kappa shape index (κ2) is 6.02. The third-order valence-electron chi connectivity index (χ3n) is 2.91. The van der Waals surface area contributed by atoms with E-state index in [0.29, 0.717) is 11.3 Å². The summed E-state index contributed by atoms with van der Waals surface area (Å²) in [6.45, 7) is 0. The van der Waals surface area contributed by atoms with Gasteiger partial charge in [-0.05, 0) is 30.5 Å². The highest BCUT2D eigenvalue weighted by atomic mass is 32.2. The van der Waals surface area contributed by atoms with E-state index in [9.17, 15) is 4.79 Å². The van der Waals surface area contributed by atoms with Gasteiger partial charge in [0.05, 0.1) is 0 Å². The molecular formula is C14H13N5O2S. The van der Waals surface area contributed by atoms with Crippen molar-refractivity contribution in [1.82, 2.24) is 20.0 Å². The highest BCUT2D eigenvalue weighted by Gasteiger charge is 2.14. The van der Waals surface area contributed by atoms with E-state index in [1.807, 2.05) is 18.4 Å². The number of rotatable bonds is 4. The van der Waals surface area contributed by atoms with Crippen molar-refractivity contribution in [3.8, 4) is 11.6 Å². The molecule has 0 atom stereocenters. The van der Waals surface area contributed by atoms with Crippen molar-refractivity contribution in [3.63, 3.8) is 0 Å². The van der Waals surface area contributed by atoms with Gasteiger partial charge in [-0.2, -0.15) is 5.10 Å². The summed E-state index contributed by atoms with van der Waals surface area (Å²) < 4.78 is 7.03. The standard InChI is InChI=1S/C14H13N5O2S/c1-19-7-6-11(18-19)13-16-17-14(21-13)15-12(20)9-4-3-5-10(8-9)22-2/h3-8H,1-2H3,(H,15,17,20). The molecule has 2 heterocycles. The van der Waals surface area contributed by atoms with Crippen LogP contribution in [-0.4, -0.2) is 32.1 Å². The number of carbonyl (C=O) groups excluding carboxylic acids is 1. The molecule has 3 rings (SSSR count). The van der Waals surface area contributed by atoms with Gasteiger partial charge in [0.2, 0.25) is 0 Å². The number of carbonyl (C=O) groups is 1. The van der Waals surface area contributed by atoms with Crippen LogP contribution in [0.3, 0.4) is 0 Å². The molecule has 8 heteroatoms. The molecule has 1 amide bonds. The summed E-state index contributed by atoms with van der Waals surface area (Å²) in [6.07, 6.45) is 3.72. The summed E-state index contributed by atoms with van der Waals surface area (Å²) in [5.74, 6) is -0.0408. The maximum Gasteiger partial charge on any atom is 0.322 e. The lowest BCUT2D eigenvalue weighted by Gasteiger charge is -2.02. The van der Waals surface area contributed by atoms with Crippen LogP contribution in [0.4, 0.5) is 6.01 Å². The summed E-state index contributed by atoms with van der Waals surface area (Å²) in [4.78, 5) is 13.2. The molecule has 22 heavy (non-hydrogen) atoms. The highest BCUT2D eigenvalue weighted by molar-refractivity contribution is 7.98. The first kappa shape index (κ1) is 14.3. The van der Waals surface area contributed by atoms with Gasteiger partial charge in [-0.15, -0.1) is 16.9 Å². The molecule has 0 aliphatic rings. The molecule has 7 nitrogen and oxygen atoms in total. The van der Waals surface area contributed by atoms with Crippen LogP contribution in [0.5, 0.6) is 0 Å². The van der Waals surface area contributed by atoms with Crippen molar-refractivity contribution in [2.24, 2.45) is 7.05 Å². The fourth-order valence-corrected chi connectivity index (χ4v) is 2.30. The number of hydrogen-bond donors (Lipinski definition) is 1. The molecule has 0 bridgehead atoms. The Kier molecular flexibility index (Phi) is 3.92. The van der Waals surface area contributed by atoms with Gasteiger partial charge < -0.3 is 4.42 Å². The maximum atomic E-state index is 12.2. The Morgan fingerprint density at radius 2 is 2.18 bits per heavy atom. The molecule has 0 radical (unpaired) electrons. The molecule has 0 saturated carbocycles. The fraction of sp³-hybridized carbons (Fsp3) is 0.143. The van der Waals surface area contributed by atoms with Gasteiger partial charge in [-0.1, -0.05) is 11.2 Å². The Morgan fingerprint density at radius 1 is 1.32 bits per heavy atom. The van der Waals surface area contributed by atoms with Crippen LogP contribution in [0.15, 0.2) is 45.8 Å². The van der Waals surface area contributed by atoms with Crippen LogP contribution in [0.2, 0.25) is 0 Å². The summed E-state index contributed by atoms with van der Waals surface area (Å²) in [5.41, 5.74) is 1.09. The van der Waals surface area contributed by atoms with E-state index in [4.69, 9.17) is 4.42 Å². The zero-order chi connectivity index (χ0) is 15.5. The van der Waals surface area contributed by atoms with Crippen LogP contribution < -0.4 is 5.32 Å². The number of aromatic nitrogens is 4. The van der Waals surface area contributed by atoms with Crippen LogP contribution in [-0.2, 0) is 7.05 Å². The first-order valence-corrected chi connectivity index (χ1v) is 7.67. The first-order chi connectivity index (χ1) is 10.7. The average molecular weight is 315 g/mol. The van der Waals surface area contributed by atoms with E-state index >= 15 is 0 Å². The van der Waals surface area contributed by atoms with Crippen LogP contribution in [0.25, 0.3) is 11.6 Å². The number of benzene rings is 1. The third kappa shape index (κ3) is 3.01. The lowest BCUT2D eigenvalue weighted by Crippen LogP contribution is -2.12. The molecule has 1 N–H and O–H groups in total. The van der Waals surface area contributed by atoms with Gasteiger partial charge in [0.15, 0.2) is 0 Å². The van der Waals surface area contributed by atoms with E-state index in [1.165, 1.54) is 0 Å². The predicted octanol–water partition coefficient (Wildman–Crippen LogP) is 2.44. The molecule has 1 aromatic carbocycles. The lowest BCUT2D eigenvalue weighted by molar-refractivity contribution is 0.102. The molecular weight excluding hydrogens is 302 g/mol. The highest BCUT2D eigenvalue weighted by Crippen LogP contribution is 2.19. The lowest BCUT2D eigenvalue weighted by atomic mass is 10.2. The number of thioether (sulfide) groups is 1. The second-order valence-corrected chi connectivity index (χ2v) is 5.35.